The van der Waals surface area contributed by atoms with Crippen molar-refractivity contribution in [2.75, 3.05) is 6.61 Å². The Morgan fingerprint density at radius 1 is 1.32 bits per heavy atom. The first kappa shape index (κ1) is 17.4. The Balaban J connectivity index is 2.19. The third-order valence-electron chi connectivity index (χ3n) is 3.55. The first-order chi connectivity index (χ1) is 10.3. The number of hydrogen-bond donors (Lipinski definition) is 0. The average Bonchev–Trinajstić information content (AvgIpc) is 2.80. The van der Waals surface area contributed by atoms with E-state index in [0.29, 0.717) is 22.6 Å². The molecule has 3 nitrogen and oxygen atoms in total. The molecule has 0 bridgehead atoms. The van der Waals surface area contributed by atoms with Gasteiger partial charge >= 0.3 is 0 Å². The largest absolute Gasteiger partial charge is 0.376 e. The smallest absolute Gasteiger partial charge is 0.173 e. The summed E-state index contributed by atoms with van der Waals surface area (Å²) in [7, 11) is 0. The van der Waals surface area contributed by atoms with E-state index in [9.17, 15) is 4.39 Å². The fourth-order valence-electron chi connectivity index (χ4n) is 2.54. The van der Waals surface area contributed by atoms with E-state index in [4.69, 9.17) is 4.74 Å². The Morgan fingerprint density at radius 2 is 2.05 bits per heavy atom. The van der Waals surface area contributed by atoms with E-state index in [1.54, 1.807) is 4.40 Å². The van der Waals surface area contributed by atoms with Gasteiger partial charge in [-0.25, -0.2) is 9.37 Å². The summed E-state index contributed by atoms with van der Waals surface area (Å²) in [6, 6.07) is 1.45. The summed E-state index contributed by atoms with van der Waals surface area (Å²) < 4.78 is 22.3. The summed E-state index contributed by atoms with van der Waals surface area (Å²) in [5, 5.41) is 0. The Kier molecular flexibility index (Phi) is 5.61. The van der Waals surface area contributed by atoms with Gasteiger partial charge in [-0.3, -0.25) is 0 Å². The van der Waals surface area contributed by atoms with Crippen molar-refractivity contribution < 1.29 is 9.13 Å². The molecule has 1 unspecified atom stereocenters. The highest BCUT2D eigenvalue weighted by Crippen LogP contribution is 2.27. The van der Waals surface area contributed by atoms with Crippen LogP contribution < -0.4 is 0 Å². The van der Waals surface area contributed by atoms with E-state index >= 15 is 0 Å². The van der Waals surface area contributed by atoms with Crippen molar-refractivity contribution in [2.45, 2.75) is 58.5 Å². The van der Waals surface area contributed by atoms with E-state index in [1.165, 1.54) is 6.07 Å². The molecule has 122 valence electrons. The Bertz CT molecular complexity index is 633. The van der Waals surface area contributed by atoms with Gasteiger partial charge in [-0.1, -0.05) is 13.3 Å². The number of hydrogen-bond acceptors (Lipinski definition) is 2. The van der Waals surface area contributed by atoms with Crippen LogP contribution in [0.2, 0.25) is 0 Å². The van der Waals surface area contributed by atoms with Gasteiger partial charge in [-0.15, -0.1) is 0 Å². The highest BCUT2D eigenvalue weighted by atomic mass is 79.9. The van der Waals surface area contributed by atoms with Gasteiger partial charge < -0.3 is 9.14 Å². The topological polar surface area (TPSA) is 26.5 Å². The SMILES string of the molecule is CCCC(CCOC(C)(C)C)c1cn2cc(Br)cc(F)c2n1. The number of pyridine rings is 1. The van der Waals surface area contributed by atoms with E-state index in [0.717, 1.165) is 25.0 Å². The van der Waals surface area contributed by atoms with E-state index in [2.05, 4.69) is 48.6 Å². The number of aromatic nitrogens is 2. The molecule has 1 atom stereocenters. The van der Waals surface area contributed by atoms with Crippen LogP contribution >= 0.6 is 15.9 Å². The van der Waals surface area contributed by atoms with Crippen LogP contribution in [0.15, 0.2) is 22.9 Å². The van der Waals surface area contributed by atoms with E-state index < -0.39 is 0 Å². The lowest BCUT2D eigenvalue weighted by molar-refractivity contribution is -0.00661. The summed E-state index contributed by atoms with van der Waals surface area (Å²) >= 11 is 3.32. The molecule has 0 fully saturated rings. The van der Waals surface area contributed by atoms with Crippen molar-refractivity contribution in [2.24, 2.45) is 0 Å². The molecule has 0 amide bonds. The van der Waals surface area contributed by atoms with Gasteiger partial charge in [0, 0.05) is 29.4 Å². The fraction of sp³-hybridized carbons (Fsp3) is 0.588. The second-order valence-electron chi connectivity index (χ2n) is 6.64. The Hall–Kier alpha value is -0.940. The van der Waals surface area contributed by atoms with Crippen LogP contribution in [0.5, 0.6) is 0 Å². The molecule has 0 saturated heterocycles. The minimum atomic E-state index is -0.304. The predicted octanol–water partition coefficient (Wildman–Crippen LogP) is 5.32. The van der Waals surface area contributed by atoms with Crippen LogP contribution in [-0.4, -0.2) is 21.6 Å². The standard InChI is InChI=1S/C17H24BrFN2O/c1-5-6-12(7-8-22-17(2,3)4)15-11-21-10-13(18)9-14(19)16(21)20-15/h9-12H,5-8H2,1-4H3. The number of ether oxygens (including phenoxy) is 1. The lowest BCUT2D eigenvalue weighted by Gasteiger charge is -2.21. The number of imidazole rings is 1. The fourth-order valence-corrected chi connectivity index (χ4v) is 2.96. The third kappa shape index (κ3) is 4.53. The quantitative estimate of drug-likeness (QED) is 0.687. The molecule has 0 aliphatic rings. The van der Waals surface area contributed by atoms with Crippen molar-refractivity contribution in [3.05, 3.63) is 34.4 Å². The van der Waals surface area contributed by atoms with E-state index in [1.807, 2.05) is 12.4 Å². The minimum Gasteiger partial charge on any atom is -0.376 e. The number of fused-ring (bicyclic) bond motifs is 1. The normalized spacial score (nSPS) is 13.7. The van der Waals surface area contributed by atoms with Crippen LogP contribution in [0.25, 0.3) is 5.65 Å². The number of halogens is 2. The highest BCUT2D eigenvalue weighted by Gasteiger charge is 2.18. The van der Waals surface area contributed by atoms with Crippen LogP contribution in [0.4, 0.5) is 4.39 Å². The van der Waals surface area contributed by atoms with Crippen LogP contribution in [0.3, 0.4) is 0 Å². The predicted molar refractivity (Wildman–Crippen MR) is 90.8 cm³/mol. The zero-order chi connectivity index (χ0) is 16.3. The van der Waals surface area contributed by atoms with Gasteiger partial charge in [0.1, 0.15) is 0 Å². The second kappa shape index (κ2) is 7.09. The van der Waals surface area contributed by atoms with Crippen molar-refractivity contribution in [3.8, 4) is 0 Å². The molecule has 0 N–H and O–H groups in total. The zero-order valence-electron chi connectivity index (χ0n) is 13.7. The summed E-state index contributed by atoms with van der Waals surface area (Å²) in [5.74, 6) is -0.00718. The van der Waals surface area contributed by atoms with Gasteiger partial charge in [0.25, 0.3) is 0 Å². The molecular weight excluding hydrogens is 347 g/mol. The van der Waals surface area contributed by atoms with Gasteiger partial charge in [-0.2, -0.15) is 0 Å². The van der Waals surface area contributed by atoms with Crippen molar-refractivity contribution in [1.82, 2.24) is 9.38 Å². The molecule has 2 rings (SSSR count). The third-order valence-corrected chi connectivity index (χ3v) is 3.98. The van der Waals surface area contributed by atoms with Gasteiger partial charge in [0.15, 0.2) is 11.5 Å². The van der Waals surface area contributed by atoms with Gasteiger partial charge in [-0.05, 0) is 55.6 Å². The molecule has 0 aromatic carbocycles. The molecule has 2 heterocycles. The first-order valence-corrected chi connectivity index (χ1v) is 8.57. The van der Waals surface area contributed by atoms with Crippen LogP contribution in [0, 0.1) is 5.82 Å². The minimum absolute atomic E-state index is 0.132. The number of rotatable bonds is 6. The zero-order valence-corrected chi connectivity index (χ0v) is 15.3. The van der Waals surface area contributed by atoms with Crippen molar-refractivity contribution >= 4 is 21.6 Å². The summed E-state index contributed by atoms with van der Waals surface area (Å²) in [6.07, 6.45) is 6.77. The van der Waals surface area contributed by atoms with Crippen LogP contribution in [-0.2, 0) is 4.74 Å². The summed E-state index contributed by atoms with van der Waals surface area (Å²) in [4.78, 5) is 4.50. The second-order valence-corrected chi connectivity index (χ2v) is 7.55. The van der Waals surface area contributed by atoms with Gasteiger partial charge in [0.05, 0.1) is 11.3 Å². The first-order valence-electron chi connectivity index (χ1n) is 7.77. The molecule has 22 heavy (non-hydrogen) atoms. The maximum Gasteiger partial charge on any atom is 0.173 e. The van der Waals surface area contributed by atoms with Crippen molar-refractivity contribution in [3.63, 3.8) is 0 Å². The Labute approximate surface area is 140 Å². The lowest BCUT2D eigenvalue weighted by Crippen LogP contribution is -2.20. The van der Waals surface area contributed by atoms with Gasteiger partial charge in [0.2, 0.25) is 0 Å². The number of nitrogens with zero attached hydrogens (tertiary/aromatic N) is 2. The molecule has 0 aliphatic heterocycles. The Morgan fingerprint density at radius 3 is 2.68 bits per heavy atom. The van der Waals surface area contributed by atoms with Crippen molar-refractivity contribution in [1.29, 1.82) is 0 Å². The summed E-state index contributed by atoms with van der Waals surface area (Å²) in [5.41, 5.74) is 1.19. The molecule has 2 aromatic heterocycles. The molecular formula is C17H24BrFN2O. The molecule has 5 heteroatoms. The van der Waals surface area contributed by atoms with Crippen LogP contribution in [0.1, 0.15) is 58.6 Å². The maximum atomic E-state index is 14.0. The molecule has 0 radical (unpaired) electrons. The molecule has 0 aliphatic carbocycles. The summed E-state index contributed by atoms with van der Waals surface area (Å²) in [6.45, 7) is 9.01. The molecule has 2 aromatic rings. The maximum absolute atomic E-state index is 14.0. The molecule has 0 spiro atoms. The monoisotopic (exact) mass is 370 g/mol. The highest BCUT2D eigenvalue weighted by molar-refractivity contribution is 9.10. The van der Waals surface area contributed by atoms with E-state index in [-0.39, 0.29) is 11.4 Å². The lowest BCUT2D eigenvalue weighted by atomic mass is 9.97. The molecule has 0 saturated carbocycles. The average molecular weight is 371 g/mol.